The third kappa shape index (κ3) is 3.22. The molecule has 1 amide bonds. The van der Waals surface area contributed by atoms with Crippen molar-refractivity contribution in [2.75, 3.05) is 38.0 Å². The molecule has 0 radical (unpaired) electrons. The van der Waals surface area contributed by atoms with Crippen LogP contribution in [0.4, 0.5) is 11.4 Å². The lowest BCUT2D eigenvalue weighted by atomic mass is 10.00. The van der Waals surface area contributed by atoms with Crippen LogP contribution in [0.25, 0.3) is 11.3 Å². The fraction of sp³-hybridized carbons (Fsp3) is 0.182. The van der Waals surface area contributed by atoms with Crippen LogP contribution in [0.1, 0.15) is 21.5 Å². The lowest BCUT2D eigenvalue weighted by Crippen LogP contribution is -2.10. The second kappa shape index (κ2) is 7.38. The number of fused-ring (bicyclic) bond motifs is 1. The molecule has 3 aromatic rings. The van der Waals surface area contributed by atoms with Crippen molar-refractivity contribution in [3.05, 3.63) is 63.1 Å². The molecule has 2 heterocycles. The van der Waals surface area contributed by atoms with E-state index in [0.717, 1.165) is 11.4 Å². The minimum atomic E-state index is -0.424. The number of carbonyl (C=O) groups excluding carboxylic acids is 1. The number of aromatic amines is 1. The number of nitrogens with zero attached hydrogens (tertiary/aromatic N) is 3. The molecule has 0 aliphatic carbocycles. The van der Waals surface area contributed by atoms with Crippen molar-refractivity contribution in [1.82, 2.24) is 4.98 Å². The normalized spacial score (nSPS) is 12.7. The van der Waals surface area contributed by atoms with Gasteiger partial charge in [-0.1, -0.05) is 35.3 Å². The van der Waals surface area contributed by atoms with E-state index in [1.54, 1.807) is 12.1 Å². The summed E-state index contributed by atoms with van der Waals surface area (Å²) >= 11 is 12.8. The largest absolute Gasteiger partial charge is 0.494 e. The summed E-state index contributed by atoms with van der Waals surface area (Å²) in [4.78, 5) is 23.7. The number of hydrogen-bond acceptors (Lipinski definition) is 4. The van der Waals surface area contributed by atoms with Gasteiger partial charge in [-0.25, -0.2) is 4.99 Å². The molecule has 0 fully saturated rings. The lowest BCUT2D eigenvalue weighted by molar-refractivity contribution is 0.101. The highest BCUT2D eigenvalue weighted by Gasteiger charge is 2.33. The van der Waals surface area contributed by atoms with Crippen molar-refractivity contribution in [2.45, 2.75) is 0 Å². The van der Waals surface area contributed by atoms with Gasteiger partial charge in [0.25, 0.3) is 5.91 Å². The van der Waals surface area contributed by atoms with Crippen LogP contribution in [0.5, 0.6) is 5.88 Å². The van der Waals surface area contributed by atoms with Crippen LogP contribution in [0, 0.1) is 0 Å². The number of benzene rings is 2. The third-order valence-electron chi connectivity index (χ3n) is 5.07. The van der Waals surface area contributed by atoms with Gasteiger partial charge in [-0.3, -0.25) is 4.79 Å². The number of hydrogen-bond donors (Lipinski definition) is 2. The van der Waals surface area contributed by atoms with Crippen molar-refractivity contribution in [3.63, 3.8) is 0 Å². The van der Waals surface area contributed by atoms with E-state index in [-0.39, 0.29) is 5.88 Å². The molecule has 1 aliphatic rings. The van der Waals surface area contributed by atoms with Crippen LogP contribution in [0.15, 0.2) is 41.4 Å². The second-order valence-corrected chi connectivity index (χ2v) is 8.30. The number of halogens is 2. The summed E-state index contributed by atoms with van der Waals surface area (Å²) in [5, 5.41) is 11.7. The van der Waals surface area contributed by atoms with Gasteiger partial charge in [0.15, 0.2) is 5.88 Å². The summed E-state index contributed by atoms with van der Waals surface area (Å²) in [6.45, 7) is 0. The SMILES string of the molecule is CN(C)c1ccc(C2=NC(=O)c3c(-c4ccc(N(C)C)c(Cl)c4)[nH]c(O)c32)cc1Cl. The van der Waals surface area contributed by atoms with Gasteiger partial charge in [-0.05, 0) is 24.3 Å². The van der Waals surface area contributed by atoms with E-state index in [4.69, 9.17) is 23.2 Å². The van der Waals surface area contributed by atoms with E-state index < -0.39 is 5.91 Å². The van der Waals surface area contributed by atoms with Gasteiger partial charge >= 0.3 is 0 Å². The molecule has 30 heavy (non-hydrogen) atoms. The monoisotopic (exact) mass is 442 g/mol. The molecule has 154 valence electrons. The van der Waals surface area contributed by atoms with Gasteiger partial charge in [0, 0.05) is 39.3 Å². The van der Waals surface area contributed by atoms with Gasteiger partial charge in [-0.2, -0.15) is 0 Å². The second-order valence-electron chi connectivity index (χ2n) is 7.49. The Morgan fingerprint density at radius 3 is 1.93 bits per heavy atom. The molecule has 4 rings (SSSR count). The summed E-state index contributed by atoms with van der Waals surface area (Å²) in [5.74, 6) is -0.544. The molecule has 1 aliphatic heterocycles. The Morgan fingerprint density at radius 2 is 1.40 bits per heavy atom. The molecule has 2 aromatic carbocycles. The first-order chi connectivity index (χ1) is 14.2. The lowest BCUT2D eigenvalue weighted by Gasteiger charge is -2.15. The number of H-pyrrole nitrogens is 1. The minimum absolute atomic E-state index is 0.120. The van der Waals surface area contributed by atoms with Gasteiger partial charge < -0.3 is 19.9 Å². The molecular formula is C22H20Cl2N4O2. The third-order valence-corrected chi connectivity index (χ3v) is 5.67. The summed E-state index contributed by atoms with van der Waals surface area (Å²) in [6.07, 6.45) is 0. The Morgan fingerprint density at radius 1 is 0.867 bits per heavy atom. The van der Waals surface area contributed by atoms with E-state index in [0.29, 0.717) is 43.7 Å². The van der Waals surface area contributed by atoms with Crippen LogP contribution in [-0.2, 0) is 0 Å². The Bertz CT molecular complexity index is 1210. The van der Waals surface area contributed by atoms with E-state index >= 15 is 0 Å². The summed E-state index contributed by atoms with van der Waals surface area (Å²) in [6, 6.07) is 10.9. The van der Waals surface area contributed by atoms with Crippen molar-refractivity contribution in [2.24, 2.45) is 4.99 Å². The molecule has 0 spiro atoms. The standard InChI is InChI=1S/C22H20Cl2N4O2/c1-27(2)15-7-5-11(9-13(15)23)19-17-18(22(30)25-19)20(26-21(17)29)12-6-8-16(28(3)4)14(24)10-12/h5-10,25,30H,1-4H3. The van der Waals surface area contributed by atoms with Crippen LogP contribution >= 0.6 is 23.2 Å². The quantitative estimate of drug-likeness (QED) is 0.607. The maximum atomic E-state index is 12.8. The topological polar surface area (TPSA) is 71.9 Å². The molecule has 6 nitrogen and oxygen atoms in total. The first-order valence-corrected chi connectivity index (χ1v) is 9.97. The maximum absolute atomic E-state index is 12.8. The molecular weight excluding hydrogens is 423 g/mol. The molecule has 2 N–H and O–H groups in total. The molecule has 0 unspecified atom stereocenters. The van der Waals surface area contributed by atoms with Gasteiger partial charge in [-0.15, -0.1) is 0 Å². The van der Waals surface area contributed by atoms with Crippen molar-refractivity contribution in [1.29, 1.82) is 0 Å². The maximum Gasteiger partial charge on any atom is 0.280 e. The Kier molecular flexibility index (Phi) is 5.00. The van der Waals surface area contributed by atoms with Crippen molar-refractivity contribution < 1.29 is 9.90 Å². The summed E-state index contributed by atoms with van der Waals surface area (Å²) < 4.78 is 0. The smallest absolute Gasteiger partial charge is 0.280 e. The van der Waals surface area contributed by atoms with Gasteiger partial charge in [0.05, 0.1) is 44.0 Å². The average Bonchev–Trinajstić information content (AvgIpc) is 3.19. The Hall–Kier alpha value is -2.96. The Balaban J connectivity index is 1.81. The molecule has 0 bridgehead atoms. The Labute approximate surface area is 184 Å². The highest BCUT2D eigenvalue weighted by Crippen LogP contribution is 2.40. The number of anilines is 2. The highest BCUT2D eigenvalue weighted by molar-refractivity contribution is 6.35. The summed E-state index contributed by atoms with van der Waals surface area (Å²) in [5.41, 5.74) is 4.60. The summed E-state index contributed by atoms with van der Waals surface area (Å²) in [7, 11) is 7.59. The molecule has 1 aromatic heterocycles. The van der Waals surface area contributed by atoms with Crippen LogP contribution in [0.3, 0.4) is 0 Å². The number of aromatic hydroxyl groups is 1. The van der Waals surface area contributed by atoms with Gasteiger partial charge in [0.2, 0.25) is 0 Å². The van der Waals surface area contributed by atoms with E-state index in [9.17, 15) is 9.90 Å². The van der Waals surface area contributed by atoms with E-state index in [2.05, 4.69) is 9.98 Å². The average molecular weight is 443 g/mol. The minimum Gasteiger partial charge on any atom is -0.494 e. The number of carbonyl (C=O) groups is 1. The molecule has 0 atom stereocenters. The molecule has 8 heteroatoms. The highest BCUT2D eigenvalue weighted by atomic mass is 35.5. The number of aromatic nitrogens is 1. The molecule has 0 saturated heterocycles. The number of rotatable bonds is 4. The van der Waals surface area contributed by atoms with Gasteiger partial charge in [0.1, 0.15) is 0 Å². The number of nitrogens with one attached hydrogen (secondary N) is 1. The zero-order valence-corrected chi connectivity index (χ0v) is 18.4. The van der Waals surface area contributed by atoms with E-state index in [1.807, 2.05) is 62.3 Å². The zero-order valence-electron chi connectivity index (χ0n) is 16.9. The van der Waals surface area contributed by atoms with Crippen LogP contribution < -0.4 is 9.80 Å². The van der Waals surface area contributed by atoms with Crippen LogP contribution in [0.2, 0.25) is 10.0 Å². The predicted octanol–water partition coefficient (Wildman–Crippen LogP) is 4.82. The fourth-order valence-corrected chi connectivity index (χ4v) is 4.31. The first kappa shape index (κ1) is 20.3. The predicted molar refractivity (Wildman–Crippen MR) is 123 cm³/mol. The fourth-order valence-electron chi connectivity index (χ4n) is 3.61. The van der Waals surface area contributed by atoms with Crippen LogP contribution in [-0.4, -0.2) is 49.9 Å². The first-order valence-electron chi connectivity index (χ1n) is 9.22. The van der Waals surface area contributed by atoms with Crippen molar-refractivity contribution >= 4 is 46.2 Å². The van der Waals surface area contributed by atoms with E-state index in [1.165, 1.54) is 0 Å². The molecule has 0 saturated carbocycles. The number of amides is 1. The van der Waals surface area contributed by atoms with Crippen molar-refractivity contribution in [3.8, 4) is 17.1 Å². The zero-order chi connectivity index (χ0) is 21.7. The number of aliphatic imine (C=N–C) groups is 1.